The first-order valence-electron chi connectivity index (χ1n) is 8.63. The molecule has 24 heavy (non-hydrogen) atoms. The molecule has 1 saturated carbocycles. The first-order chi connectivity index (χ1) is 11.7. The number of nitrogens with one attached hydrogen (secondary N) is 2. The summed E-state index contributed by atoms with van der Waals surface area (Å²) < 4.78 is 0. The van der Waals surface area contributed by atoms with E-state index < -0.39 is 0 Å². The number of hydrogen-bond acceptors (Lipinski definition) is 3. The highest BCUT2D eigenvalue weighted by Crippen LogP contribution is 2.40. The van der Waals surface area contributed by atoms with Gasteiger partial charge in [-0.3, -0.25) is 4.99 Å². The third kappa shape index (κ3) is 3.96. The van der Waals surface area contributed by atoms with Gasteiger partial charge in [0, 0.05) is 30.1 Å². The highest BCUT2D eigenvalue weighted by atomic mass is 32.1. The lowest BCUT2D eigenvalue weighted by Crippen LogP contribution is -2.44. The van der Waals surface area contributed by atoms with Gasteiger partial charge >= 0.3 is 0 Å². The van der Waals surface area contributed by atoms with Crippen molar-refractivity contribution in [2.24, 2.45) is 4.99 Å². The molecule has 0 saturated heterocycles. The number of aryl methyl sites for hydroxylation is 1. The molecule has 0 amide bonds. The van der Waals surface area contributed by atoms with E-state index in [0.717, 1.165) is 24.1 Å². The lowest BCUT2D eigenvalue weighted by Gasteiger charge is -2.30. The summed E-state index contributed by atoms with van der Waals surface area (Å²) in [5.74, 6) is 0.864. The molecule has 1 aromatic heterocycles. The number of thiazole rings is 1. The van der Waals surface area contributed by atoms with E-state index in [1.807, 2.05) is 20.2 Å². The van der Waals surface area contributed by atoms with Crippen LogP contribution in [-0.4, -0.2) is 24.5 Å². The number of aliphatic imine (C=N–C) groups is 1. The summed E-state index contributed by atoms with van der Waals surface area (Å²) in [4.78, 5) is 9.90. The van der Waals surface area contributed by atoms with Crippen LogP contribution in [0.4, 0.5) is 0 Å². The monoisotopic (exact) mass is 342 g/mol. The van der Waals surface area contributed by atoms with E-state index >= 15 is 0 Å². The zero-order valence-electron chi connectivity index (χ0n) is 14.5. The fourth-order valence-electron chi connectivity index (χ4n) is 3.54. The first-order valence-corrected chi connectivity index (χ1v) is 9.45. The minimum atomic E-state index is 0.236. The van der Waals surface area contributed by atoms with Gasteiger partial charge in [0.15, 0.2) is 5.96 Å². The third-order valence-corrected chi connectivity index (χ3v) is 5.78. The molecule has 0 radical (unpaired) electrons. The average molecular weight is 343 g/mol. The van der Waals surface area contributed by atoms with Crippen molar-refractivity contribution >= 4 is 17.3 Å². The molecule has 0 atom stereocenters. The summed E-state index contributed by atoms with van der Waals surface area (Å²) >= 11 is 1.72. The standard InChI is InChI=1S/C19H26N4S/c1-15-21-12-17(24-15)13-22-18(20-2)23-14-19(10-6-7-11-19)16-8-4-3-5-9-16/h3-5,8-9,12H,6-7,10-11,13-14H2,1-2H3,(H2,20,22,23). The van der Waals surface area contributed by atoms with Crippen molar-refractivity contribution in [2.45, 2.75) is 44.6 Å². The van der Waals surface area contributed by atoms with Crippen LogP contribution in [0.1, 0.15) is 41.1 Å². The van der Waals surface area contributed by atoms with Crippen molar-refractivity contribution in [3.63, 3.8) is 0 Å². The van der Waals surface area contributed by atoms with Crippen LogP contribution in [0, 0.1) is 6.92 Å². The lowest BCUT2D eigenvalue weighted by molar-refractivity contribution is 0.432. The molecular formula is C19H26N4S. The van der Waals surface area contributed by atoms with Crippen molar-refractivity contribution in [3.8, 4) is 0 Å². The zero-order valence-corrected chi connectivity index (χ0v) is 15.3. The van der Waals surface area contributed by atoms with Crippen LogP contribution >= 0.6 is 11.3 Å². The quantitative estimate of drug-likeness (QED) is 0.644. The maximum Gasteiger partial charge on any atom is 0.191 e. The van der Waals surface area contributed by atoms with Gasteiger partial charge < -0.3 is 10.6 Å². The Bertz CT molecular complexity index is 672. The molecule has 1 aliphatic rings. The Labute approximate surface area is 148 Å². The molecule has 4 nitrogen and oxygen atoms in total. The number of aromatic nitrogens is 1. The normalized spacial score (nSPS) is 17.0. The van der Waals surface area contributed by atoms with Gasteiger partial charge in [0.05, 0.1) is 11.6 Å². The van der Waals surface area contributed by atoms with Crippen LogP contribution in [0.25, 0.3) is 0 Å². The minimum Gasteiger partial charge on any atom is -0.356 e. The molecule has 3 rings (SSSR count). The van der Waals surface area contributed by atoms with E-state index in [-0.39, 0.29) is 5.41 Å². The Hall–Kier alpha value is -1.88. The third-order valence-electron chi connectivity index (χ3n) is 4.86. The SMILES string of the molecule is CN=C(NCc1cnc(C)s1)NCC1(c2ccccc2)CCCC1. The molecule has 2 aromatic rings. The highest BCUT2D eigenvalue weighted by Gasteiger charge is 2.35. The minimum absolute atomic E-state index is 0.236. The van der Waals surface area contributed by atoms with Gasteiger partial charge in [-0.15, -0.1) is 11.3 Å². The van der Waals surface area contributed by atoms with Crippen molar-refractivity contribution in [2.75, 3.05) is 13.6 Å². The summed E-state index contributed by atoms with van der Waals surface area (Å²) in [7, 11) is 1.83. The molecule has 0 bridgehead atoms. The summed E-state index contributed by atoms with van der Waals surface area (Å²) in [5.41, 5.74) is 1.68. The van der Waals surface area contributed by atoms with Crippen LogP contribution in [0.3, 0.4) is 0 Å². The summed E-state index contributed by atoms with van der Waals surface area (Å²) in [6, 6.07) is 10.9. The number of guanidine groups is 1. The Balaban J connectivity index is 1.61. The molecule has 128 valence electrons. The molecule has 0 unspecified atom stereocenters. The number of hydrogen-bond donors (Lipinski definition) is 2. The summed E-state index contributed by atoms with van der Waals surface area (Å²) in [6.07, 6.45) is 7.04. The van der Waals surface area contributed by atoms with E-state index in [9.17, 15) is 0 Å². The first kappa shape index (κ1) is 17.0. The van der Waals surface area contributed by atoms with Crippen LogP contribution in [0.2, 0.25) is 0 Å². The molecule has 1 heterocycles. The Morgan fingerprint density at radius 2 is 1.96 bits per heavy atom. The van der Waals surface area contributed by atoms with Gasteiger partial charge in [0.2, 0.25) is 0 Å². The highest BCUT2D eigenvalue weighted by molar-refractivity contribution is 7.11. The van der Waals surface area contributed by atoms with E-state index in [4.69, 9.17) is 0 Å². The maximum absolute atomic E-state index is 4.37. The second-order valence-corrected chi connectivity index (χ2v) is 7.80. The molecule has 1 aromatic carbocycles. The lowest BCUT2D eigenvalue weighted by atomic mass is 9.79. The molecule has 1 aliphatic carbocycles. The fourth-order valence-corrected chi connectivity index (χ4v) is 4.28. The average Bonchev–Trinajstić information content (AvgIpc) is 3.26. The van der Waals surface area contributed by atoms with Gasteiger partial charge in [-0.05, 0) is 25.3 Å². The van der Waals surface area contributed by atoms with Crippen LogP contribution in [-0.2, 0) is 12.0 Å². The molecule has 0 spiro atoms. The number of benzene rings is 1. The molecule has 5 heteroatoms. The molecular weight excluding hydrogens is 316 g/mol. The smallest absolute Gasteiger partial charge is 0.191 e. The fraction of sp³-hybridized carbons (Fsp3) is 0.474. The summed E-state index contributed by atoms with van der Waals surface area (Å²) in [6.45, 7) is 3.73. The van der Waals surface area contributed by atoms with E-state index in [0.29, 0.717) is 0 Å². The van der Waals surface area contributed by atoms with E-state index in [1.54, 1.807) is 11.3 Å². The maximum atomic E-state index is 4.37. The van der Waals surface area contributed by atoms with Crippen LogP contribution < -0.4 is 10.6 Å². The Kier molecular flexibility index (Phi) is 5.51. The van der Waals surface area contributed by atoms with Gasteiger partial charge in [0.25, 0.3) is 0 Å². The number of nitrogens with zero attached hydrogens (tertiary/aromatic N) is 2. The topological polar surface area (TPSA) is 49.3 Å². The van der Waals surface area contributed by atoms with E-state index in [2.05, 4.69) is 50.9 Å². The second kappa shape index (κ2) is 7.79. The van der Waals surface area contributed by atoms with Gasteiger partial charge in [0.1, 0.15) is 0 Å². The number of rotatable bonds is 5. The van der Waals surface area contributed by atoms with Crippen molar-refractivity contribution < 1.29 is 0 Å². The van der Waals surface area contributed by atoms with Crippen LogP contribution in [0.5, 0.6) is 0 Å². The summed E-state index contributed by atoms with van der Waals surface area (Å²) in [5, 5.41) is 8.05. The molecule has 0 aliphatic heterocycles. The Morgan fingerprint density at radius 3 is 2.58 bits per heavy atom. The van der Waals surface area contributed by atoms with Gasteiger partial charge in [-0.1, -0.05) is 43.2 Å². The van der Waals surface area contributed by atoms with E-state index in [1.165, 1.54) is 36.1 Å². The van der Waals surface area contributed by atoms with Gasteiger partial charge in [-0.25, -0.2) is 4.98 Å². The van der Waals surface area contributed by atoms with Crippen molar-refractivity contribution in [1.29, 1.82) is 0 Å². The predicted octanol–water partition coefficient (Wildman–Crippen LogP) is 3.63. The van der Waals surface area contributed by atoms with Crippen LogP contribution in [0.15, 0.2) is 41.5 Å². The van der Waals surface area contributed by atoms with Gasteiger partial charge in [-0.2, -0.15) is 0 Å². The van der Waals surface area contributed by atoms with Crippen molar-refractivity contribution in [1.82, 2.24) is 15.6 Å². The molecule has 1 fully saturated rings. The zero-order chi connectivity index (χ0) is 16.8. The second-order valence-electron chi connectivity index (χ2n) is 6.48. The Morgan fingerprint density at radius 1 is 1.21 bits per heavy atom. The largest absolute Gasteiger partial charge is 0.356 e. The van der Waals surface area contributed by atoms with Crippen molar-refractivity contribution in [3.05, 3.63) is 52.0 Å². The predicted molar refractivity (Wildman–Crippen MR) is 102 cm³/mol. The molecule has 2 N–H and O–H groups in total.